The van der Waals surface area contributed by atoms with Gasteiger partial charge in [0, 0.05) is 23.7 Å². The lowest BCUT2D eigenvalue weighted by Gasteiger charge is -2.17. The summed E-state index contributed by atoms with van der Waals surface area (Å²) in [4.78, 5) is 14.1. The van der Waals surface area contributed by atoms with E-state index in [1.165, 1.54) is 12.1 Å². The van der Waals surface area contributed by atoms with Crippen molar-refractivity contribution in [2.75, 3.05) is 19.6 Å². The molecule has 0 saturated carbocycles. The fraction of sp³-hybridized carbons (Fsp3) is 0.278. The van der Waals surface area contributed by atoms with Crippen LogP contribution in [0.4, 0.5) is 4.39 Å². The highest BCUT2D eigenvalue weighted by Crippen LogP contribution is 2.27. The number of amides is 1. The zero-order valence-corrected chi connectivity index (χ0v) is 13.8. The summed E-state index contributed by atoms with van der Waals surface area (Å²) in [5, 5.41) is 0.574. The minimum Gasteiger partial charge on any atom is -0.454 e. The number of hydrogen-bond donors (Lipinski definition) is 1. The fourth-order valence-corrected chi connectivity index (χ4v) is 2.86. The quantitative estimate of drug-likeness (QED) is 0.916. The minimum atomic E-state index is -0.578. The summed E-state index contributed by atoms with van der Waals surface area (Å²) < 4.78 is 19.7. The number of likely N-dealkylation sites (tertiary alicyclic amines) is 1. The van der Waals surface area contributed by atoms with Gasteiger partial charge < -0.3 is 15.4 Å². The number of benzene rings is 2. The number of ether oxygens (including phenoxy) is 1. The lowest BCUT2D eigenvalue weighted by atomic mass is 10.1. The van der Waals surface area contributed by atoms with Crippen LogP contribution in [-0.2, 0) is 0 Å². The highest BCUT2D eigenvalue weighted by atomic mass is 35.5. The Labute approximate surface area is 145 Å². The molecule has 0 aromatic heterocycles. The first kappa shape index (κ1) is 16.7. The van der Waals surface area contributed by atoms with Crippen LogP contribution in [0.15, 0.2) is 42.5 Å². The summed E-state index contributed by atoms with van der Waals surface area (Å²) in [6, 6.07) is 10.9. The van der Waals surface area contributed by atoms with E-state index in [-0.39, 0.29) is 11.7 Å². The second-order valence-corrected chi connectivity index (χ2v) is 6.28. The van der Waals surface area contributed by atoms with E-state index in [1.54, 1.807) is 35.2 Å². The van der Waals surface area contributed by atoms with Crippen molar-refractivity contribution in [1.29, 1.82) is 0 Å². The Hall–Kier alpha value is -2.11. The molecule has 2 aromatic carbocycles. The topological polar surface area (TPSA) is 55.6 Å². The molecule has 2 N–H and O–H groups in total. The second-order valence-electron chi connectivity index (χ2n) is 5.84. The Kier molecular flexibility index (Phi) is 5.02. The van der Waals surface area contributed by atoms with Crippen LogP contribution in [0, 0.1) is 11.7 Å². The first-order chi connectivity index (χ1) is 11.6. The van der Waals surface area contributed by atoms with Gasteiger partial charge in [0.25, 0.3) is 5.91 Å². The average Bonchev–Trinajstić information content (AvgIpc) is 3.07. The van der Waals surface area contributed by atoms with E-state index in [0.29, 0.717) is 41.9 Å². The summed E-state index contributed by atoms with van der Waals surface area (Å²) in [6.07, 6.45) is 0.891. The van der Waals surface area contributed by atoms with E-state index in [9.17, 15) is 9.18 Å². The molecule has 126 valence electrons. The molecule has 1 atom stereocenters. The molecule has 0 aliphatic carbocycles. The van der Waals surface area contributed by atoms with Gasteiger partial charge >= 0.3 is 0 Å². The number of carbonyl (C=O) groups excluding carboxylic acids is 1. The molecule has 3 rings (SSSR count). The van der Waals surface area contributed by atoms with Crippen LogP contribution < -0.4 is 10.5 Å². The predicted octanol–water partition coefficient (Wildman–Crippen LogP) is 3.69. The molecule has 0 bridgehead atoms. The van der Waals surface area contributed by atoms with Crippen LogP contribution in [0.2, 0.25) is 5.02 Å². The molecule has 1 saturated heterocycles. The lowest BCUT2D eigenvalue weighted by molar-refractivity contribution is 0.0787. The number of nitrogens with two attached hydrogens (primary N) is 1. The van der Waals surface area contributed by atoms with Crippen molar-refractivity contribution >= 4 is 17.5 Å². The van der Waals surface area contributed by atoms with Crippen LogP contribution in [-0.4, -0.2) is 30.4 Å². The number of hydrogen-bond acceptors (Lipinski definition) is 3. The zero-order valence-electron chi connectivity index (χ0n) is 13.0. The van der Waals surface area contributed by atoms with Gasteiger partial charge in [-0.1, -0.05) is 11.6 Å². The Balaban J connectivity index is 1.72. The monoisotopic (exact) mass is 348 g/mol. The molecule has 1 fully saturated rings. The van der Waals surface area contributed by atoms with Crippen molar-refractivity contribution in [3.63, 3.8) is 0 Å². The highest BCUT2D eigenvalue weighted by Gasteiger charge is 2.26. The summed E-state index contributed by atoms with van der Waals surface area (Å²) in [5.41, 5.74) is 5.95. The molecule has 2 aromatic rings. The first-order valence-electron chi connectivity index (χ1n) is 7.79. The third-order valence-electron chi connectivity index (χ3n) is 4.13. The number of carbonyl (C=O) groups is 1. The number of rotatable bonds is 4. The summed E-state index contributed by atoms with van der Waals surface area (Å²) in [6.45, 7) is 1.84. The van der Waals surface area contributed by atoms with E-state index >= 15 is 0 Å². The van der Waals surface area contributed by atoms with Crippen LogP contribution in [0.25, 0.3) is 0 Å². The van der Waals surface area contributed by atoms with Gasteiger partial charge in [-0.25, -0.2) is 4.39 Å². The van der Waals surface area contributed by atoms with Gasteiger partial charge in [-0.15, -0.1) is 0 Å². The van der Waals surface area contributed by atoms with Crippen molar-refractivity contribution in [3.8, 4) is 11.5 Å². The lowest BCUT2D eigenvalue weighted by Crippen LogP contribution is -2.29. The van der Waals surface area contributed by atoms with E-state index in [4.69, 9.17) is 22.1 Å². The molecule has 1 amide bonds. The standard InChI is InChI=1S/C18H18ClFN2O2/c19-14-2-4-15(5-3-14)24-17-6-1-13(9-16(17)20)18(23)22-8-7-12(10-21)11-22/h1-6,9,12H,7-8,10-11,21H2/t12-/m0/s1. The Morgan fingerprint density at radius 1 is 1.29 bits per heavy atom. The molecular weight excluding hydrogens is 331 g/mol. The zero-order chi connectivity index (χ0) is 17.1. The van der Waals surface area contributed by atoms with E-state index < -0.39 is 5.82 Å². The molecule has 0 unspecified atom stereocenters. The second kappa shape index (κ2) is 7.20. The molecule has 4 nitrogen and oxygen atoms in total. The third kappa shape index (κ3) is 3.68. The maximum Gasteiger partial charge on any atom is 0.253 e. The maximum atomic E-state index is 14.3. The number of nitrogens with zero attached hydrogens (tertiary/aromatic N) is 1. The Morgan fingerprint density at radius 3 is 2.67 bits per heavy atom. The molecule has 1 heterocycles. The van der Waals surface area contributed by atoms with Crippen molar-refractivity contribution in [2.24, 2.45) is 11.7 Å². The SMILES string of the molecule is NC[C@@H]1CCN(C(=O)c2ccc(Oc3ccc(Cl)cc3)c(F)c2)C1. The minimum absolute atomic E-state index is 0.0649. The normalized spacial score (nSPS) is 17.1. The molecule has 1 aliphatic rings. The third-order valence-corrected chi connectivity index (χ3v) is 4.38. The van der Waals surface area contributed by atoms with Gasteiger partial charge in [0.2, 0.25) is 0 Å². The predicted molar refractivity (Wildman–Crippen MR) is 91.0 cm³/mol. The van der Waals surface area contributed by atoms with Gasteiger partial charge in [0.1, 0.15) is 5.75 Å². The first-order valence-corrected chi connectivity index (χ1v) is 8.17. The molecular formula is C18H18ClFN2O2. The summed E-state index contributed by atoms with van der Waals surface area (Å²) >= 11 is 5.80. The molecule has 1 aliphatic heterocycles. The van der Waals surface area contributed by atoms with E-state index in [0.717, 1.165) is 6.42 Å². The Bertz CT molecular complexity index is 736. The van der Waals surface area contributed by atoms with Gasteiger partial charge in [0.05, 0.1) is 0 Å². The number of halogens is 2. The highest BCUT2D eigenvalue weighted by molar-refractivity contribution is 6.30. The van der Waals surface area contributed by atoms with Crippen molar-refractivity contribution in [1.82, 2.24) is 4.90 Å². The largest absolute Gasteiger partial charge is 0.454 e. The molecule has 0 spiro atoms. The van der Waals surface area contributed by atoms with Crippen molar-refractivity contribution < 1.29 is 13.9 Å². The molecule has 24 heavy (non-hydrogen) atoms. The van der Waals surface area contributed by atoms with Gasteiger partial charge in [-0.3, -0.25) is 4.79 Å². The van der Waals surface area contributed by atoms with E-state index in [1.807, 2.05) is 0 Å². The van der Waals surface area contributed by atoms with E-state index in [2.05, 4.69) is 0 Å². The van der Waals surface area contributed by atoms with Crippen molar-refractivity contribution in [3.05, 3.63) is 58.9 Å². The maximum absolute atomic E-state index is 14.3. The average molecular weight is 349 g/mol. The smallest absolute Gasteiger partial charge is 0.253 e. The fourth-order valence-electron chi connectivity index (χ4n) is 2.74. The molecule has 0 radical (unpaired) electrons. The van der Waals surface area contributed by atoms with Crippen LogP contribution in [0.5, 0.6) is 11.5 Å². The van der Waals surface area contributed by atoms with Gasteiger partial charge in [-0.2, -0.15) is 0 Å². The van der Waals surface area contributed by atoms with Gasteiger partial charge in [-0.05, 0) is 61.3 Å². The Morgan fingerprint density at radius 2 is 2.04 bits per heavy atom. The summed E-state index contributed by atoms with van der Waals surface area (Å²) in [5.74, 6) is 0.109. The summed E-state index contributed by atoms with van der Waals surface area (Å²) in [7, 11) is 0. The van der Waals surface area contributed by atoms with Gasteiger partial charge in [0.15, 0.2) is 11.6 Å². The van der Waals surface area contributed by atoms with Crippen molar-refractivity contribution in [2.45, 2.75) is 6.42 Å². The van der Waals surface area contributed by atoms with Crippen LogP contribution >= 0.6 is 11.6 Å². The molecule has 6 heteroatoms. The van der Waals surface area contributed by atoms with Crippen LogP contribution in [0.3, 0.4) is 0 Å². The van der Waals surface area contributed by atoms with Crippen LogP contribution in [0.1, 0.15) is 16.8 Å².